The molecule has 0 atom stereocenters. The number of rotatable bonds is 4. The van der Waals surface area contributed by atoms with Crippen LogP contribution in [0, 0.1) is 6.92 Å². The number of carbonyl (C=O) groups is 1. The first-order valence-electron chi connectivity index (χ1n) is 9.74. The van der Waals surface area contributed by atoms with Crippen LogP contribution in [-0.2, 0) is 23.0 Å². The van der Waals surface area contributed by atoms with Crippen molar-refractivity contribution >= 4 is 27.4 Å². The molecule has 6 nitrogen and oxygen atoms in total. The molecule has 2 amide bonds. The van der Waals surface area contributed by atoms with Crippen molar-refractivity contribution < 1.29 is 13.2 Å². The third-order valence-corrected chi connectivity index (χ3v) is 7.08. The molecule has 0 spiro atoms. The number of hydrogen-bond donors (Lipinski definition) is 2. The largest absolute Gasteiger partial charge is 0.323 e. The molecule has 0 aromatic heterocycles. The highest BCUT2D eigenvalue weighted by Crippen LogP contribution is 2.27. The molecule has 0 radical (unpaired) electrons. The Labute approximate surface area is 176 Å². The maximum Gasteiger partial charge on any atom is 0.323 e. The van der Waals surface area contributed by atoms with Crippen molar-refractivity contribution in [3.8, 4) is 0 Å². The molecule has 7 heteroatoms. The van der Waals surface area contributed by atoms with Crippen molar-refractivity contribution in [3.05, 3.63) is 89.5 Å². The molecule has 1 aliphatic rings. The topological polar surface area (TPSA) is 78.5 Å². The van der Waals surface area contributed by atoms with E-state index in [1.54, 1.807) is 30.3 Å². The van der Waals surface area contributed by atoms with Crippen LogP contribution in [0.3, 0.4) is 0 Å². The molecule has 154 valence electrons. The number of carbonyl (C=O) groups excluding carboxylic acids is 1. The van der Waals surface area contributed by atoms with Crippen molar-refractivity contribution in [3.63, 3.8) is 0 Å². The van der Waals surface area contributed by atoms with Gasteiger partial charge in [0.2, 0.25) is 10.0 Å². The summed E-state index contributed by atoms with van der Waals surface area (Å²) >= 11 is 0. The highest BCUT2D eigenvalue weighted by atomic mass is 32.2. The van der Waals surface area contributed by atoms with E-state index < -0.39 is 10.0 Å². The zero-order valence-electron chi connectivity index (χ0n) is 16.6. The number of para-hydroxylation sites is 1. The van der Waals surface area contributed by atoms with Gasteiger partial charge < -0.3 is 10.6 Å². The highest BCUT2D eigenvalue weighted by molar-refractivity contribution is 7.89. The maximum absolute atomic E-state index is 12.9. The minimum Gasteiger partial charge on any atom is -0.308 e. The Hall–Kier alpha value is -3.16. The van der Waals surface area contributed by atoms with Gasteiger partial charge in [-0.3, -0.25) is 0 Å². The molecule has 0 saturated carbocycles. The van der Waals surface area contributed by atoms with E-state index >= 15 is 0 Å². The van der Waals surface area contributed by atoms with E-state index in [0.717, 1.165) is 22.4 Å². The van der Waals surface area contributed by atoms with Gasteiger partial charge in [-0.05, 0) is 60.4 Å². The summed E-state index contributed by atoms with van der Waals surface area (Å²) in [5, 5.41) is 5.67. The molecule has 2 N–H and O–H groups in total. The Morgan fingerprint density at radius 3 is 2.40 bits per heavy atom. The average molecular weight is 422 g/mol. The standard InChI is InChI=1S/C23H23N3O3S/c1-17-7-5-6-10-22(17)25-23(27)24-20-12-11-18-13-14-26(16-19(18)15-20)30(28,29)21-8-3-2-4-9-21/h2-12,15H,13-14,16H2,1H3,(H2,24,25,27). The van der Waals surface area contributed by atoms with Crippen LogP contribution < -0.4 is 10.6 Å². The van der Waals surface area contributed by atoms with Gasteiger partial charge >= 0.3 is 6.03 Å². The predicted molar refractivity (Wildman–Crippen MR) is 118 cm³/mol. The van der Waals surface area contributed by atoms with Crippen LogP contribution in [0.4, 0.5) is 16.2 Å². The van der Waals surface area contributed by atoms with Crippen molar-refractivity contribution in [2.24, 2.45) is 0 Å². The molecule has 1 heterocycles. The summed E-state index contributed by atoms with van der Waals surface area (Å²) in [5.74, 6) is 0. The number of fused-ring (bicyclic) bond motifs is 1. The lowest BCUT2D eigenvalue weighted by molar-refractivity contribution is 0.262. The van der Waals surface area contributed by atoms with Crippen LogP contribution in [0.2, 0.25) is 0 Å². The number of hydrogen-bond acceptors (Lipinski definition) is 3. The van der Waals surface area contributed by atoms with E-state index in [1.807, 2.05) is 49.4 Å². The molecule has 0 fully saturated rings. The fourth-order valence-electron chi connectivity index (χ4n) is 3.55. The van der Waals surface area contributed by atoms with Crippen LogP contribution in [0.25, 0.3) is 0 Å². The van der Waals surface area contributed by atoms with Gasteiger partial charge in [-0.1, -0.05) is 42.5 Å². The molecule has 0 aliphatic carbocycles. The Morgan fingerprint density at radius 2 is 1.63 bits per heavy atom. The third kappa shape index (κ3) is 4.22. The summed E-state index contributed by atoms with van der Waals surface area (Å²) in [5.41, 5.74) is 4.33. The number of benzene rings is 3. The van der Waals surface area contributed by atoms with Gasteiger partial charge in [-0.2, -0.15) is 4.31 Å². The first kappa shape index (κ1) is 20.1. The van der Waals surface area contributed by atoms with Crippen LogP contribution in [0.5, 0.6) is 0 Å². The molecule has 0 bridgehead atoms. The molecular weight excluding hydrogens is 398 g/mol. The fourth-order valence-corrected chi connectivity index (χ4v) is 4.99. The lowest BCUT2D eigenvalue weighted by Crippen LogP contribution is -2.36. The third-order valence-electron chi connectivity index (χ3n) is 5.22. The van der Waals surface area contributed by atoms with Gasteiger partial charge in [0.25, 0.3) is 0 Å². The smallest absolute Gasteiger partial charge is 0.308 e. The first-order chi connectivity index (χ1) is 14.4. The second-order valence-corrected chi connectivity index (χ2v) is 9.22. The van der Waals surface area contributed by atoms with E-state index in [9.17, 15) is 13.2 Å². The molecule has 30 heavy (non-hydrogen) atoms. The normalized spacial score (nSPS) is 14.0. The van der Waals surface area contributed by atoms with Gasteiger partial charge in [0.15, 0.2) is 0 Å². The highest BCUT2D eigenvalue weighted by Gasteiger charge is 2.28. The Balaban J connectivity index is 1.49. The van der Waals surface area contributed by atoms with Crippen molar-refractivity contribution in [1.82, 2.24) is 4.31 Å². The summed E-state index contributed by atoms with van der Waals surface area (Å²) in [6.07, 6.45) is 0.636. The first-order valence-corrected chi connectivity index (χ1v) is 11.2. The molecule has 4 rings (SSSR count). The summed E-state index contributed by atoms with van der Waals surface area (Å²) in [6.45, 7) is 2.64. The summed E-state index contributed by atoms with van der Waals surface area (Å²) in [7, 11) is -3.55. The summed E-state index contributed by atoms with van der Waals surface area (Å²) in [6, 6.07) is 21.3. The zero-order valence-corrected chi connectivity index (χ0v) is 17.4. The molecule has 3 aromatic carbocycles. The molecule has 0 saturated heterocycles. The molecule has 3 aromatic rings. The van der Waals surface area contributed by atoms with Crippen LogP contribution in [0.1, 0.15) is 16.7 Å². The van der Waals surface area contributed by atoms with E-state index in [0.29, 0.717) is 23.5 Å². The van der Waals surface area contributed by atoms with Crippen molar-refractivity contribution in [2.45, 2.75) is 24.8 Å². The van der Waals surface area contributed by atoms with Crippen LogP contribution in [0.15, 0.2) is 77.7 Å². The number of nitrogens with zero attached hydrogens (tertiary/aromatic N) is 1. The number of anilines is 2. The van der Waals surface area contributed by atoms with Crippen LogP contribution in [-0.4, -0.2) is 25.3 Å². The number of urea groups is 1. The quantitative estimate of drug-likeness (QED) is 0.656. The van der Waals surface area contributed by atoms with Gasteiger partial charge in [0, 0.05) is 24.5 Å². The van der Waals surface area contributed by atoms with Gasteiger partial charge in [0.1, 0.15) is 0 Å². The van der Waals surface area contributed by atoms with Gasteiger partial charge in [-0.25, -0.2) is 13.2 Å². The minimum atomic E-state index is -3.55. The van der Waals surface area contributed by atoms with Gasteiger partial charge in [-0.15, -0.1) is 0 Å². The number of amides is 2. The monoisotopic (exact) mass is 421 g/mol. The summed E-state index contributed by atoms with van der Waals surface area (Å²) < 4.78 is 27.4. The molecule has 1 aliphatic heterocycles. The lowest BCUT2D eigenvalue weighted by atomic mass is 10.0. The number of nitrogens with one attached hydrogen (secondary N) is 2. The second-order valence-electron chi connectivity index (χ2n) is 7.28. The lowest BCUT2D eigenvalue weighted by Gasteiger charge is -2.28. The predicted octanol–water partition coefficient (Wildman–Crippen LogP) is 4.39. The number of sulfonamides is 1. The Kier molecular flexibility index (Phi) is 5.57. The summed E-state index contributed by atoms with van der Waals surface area (Å²) in [4.78, 5) is 12.7. The molecule has 0 unspecified atom stereocenters. The van der Waals surface area contributed by atoms with Crippen molar-refractivity contribution in [1.29, 1.82) is 0 Å². The molecular formula is C23H23N3O3S. The Morgan fingerprint density at radius 1 is 0.900 bits per heavy atom. The zero-order chi connectivity index (χ0) is 21.1. The maximum atomic E-state index is 12.9. The minimum absolute atomic E-state index is 0.279. The van der Waals surface area contributed by atoms with Gasteiger partial charge in [0.05, 0.1) is 4.90 Å². The van der Waals surface area contributed by atoms with E-state index in [1.165, 1.54) is 4.31 Å². The Bertz CT molecular complexity index is 1180. The number of aryl methyl sites for hydroxylation is 1. The fraction of sp³-hybridized carbons (Fsp3) is 0.174. The van der Waals surface area contributed by atoms with E-state index in [2.05, 4.69) is 10.6 Å². The van der Waals surface area contributed by atoms with Crippen LogP contribution >= 0.6 is 0 Å². The van der Waals surface area contributed by atoms with Crippen molar-refractivity contribution in [2.75, 3.05) is 17.2 Å². The average Bonchev–Trinajstić information content (AvgIpc) is 2.75. The van der Waals surface area contributed by atoms with E-state index in [-0.39, 0.29) is 12.6 Å². The second kappa shape index (κ2) is 8.30. The SMILES string of the molecule is Cc1ccccc1NC(=O)Nc1ccc2c(c1)CN(S(=O)(=O)c1ccccc1)CC2. The van der Waals surface area contributed by atoms with E-state index in [4.69, 9.17) is 0 Å².